The zero-order valence-electron chi connectivity index (χ0n) is 16.2. The Morgan fingerprint density at radius 3 is 2.67 bits per heavy atom. The number of anilines is 2. The first kappa shape index (κ1) is 19.2. The Morgan fingerprint density at radius 1 is 1.23 bits per heavy atom. The van der Waals surface area contributed by atoms with Gasteiger partial charge in [-0.05, 0) is 19.9 Å². The van der Waals surface area contributed by atoms with Crippen LogP contribution in [0, 0.1) is 24.0 Å². The molecule has 10 heteroatoms. The number of nitro groups is 1. The largest absolute Gasteiger partial charge is 0.324 e. The van der Waals surface area contributed by atoms with E-state index in [1.165, 1.54) is 10.7 Å². The highest BCUT2D eigenvalue weighted by Crippen LogP contribution is 2.28. The van der Waals surface area contributed by atoms with Crippen LogP contribution in [0.25, 0.3) is 11.4 Å². The number of nitrogens with zero attached hydrogens (tertiary/aromatic N) is 4. The third-order valence-corrected chi connectivity index (χ3v) is 4.84. The number of aromatic nitrogens is 3. The zero-order valence-corrected chi connectivity index (χ0v) is 16.2. The lowest BCUT2D eigenvalue weighted by atomic mass is 10.1. The molecule has 0 fully saturated rings. The van der Waals surface area contributed by atoms with Crippen molar-refractivity contribution in [3.05, 3.63) is 63.7 Å². The number of benzene rings is 2. The molecule has 1 aliphatic heterocycles. The molecule has 2 amide bonds. The topological polar surface area (TPSA) is 132 Å². The Morgan fingerprint density at radius 2 is 1.97 bits per heavy atom. The molecule has 1 aliphatic rings. The van der Waals surface area contributed by atoms with Gasteiger partial charge in [-0.3, -0.25) is 25.0 Å². The van der Waals surface area contributed by atoms with Gasteiger partial charge < -0.3 is 5.32 Å². The van der Waals surface area contributed by atoms with Crippen molar-refractivity contribution in [3.8, 4) is 11.4 Å². The Kier molecular flexibility index (Phi) is 4.74. The summed E-state index contributed by atoms with van der Waals surface area (Å²) in [7, 11) is 0. The van der Waals surface area contributed by atoms with Crippen molar-refractivity contribution in [2.24, 2.45) is 0 Å². The first-order chi connectivity index (χ1) is 14.3. The summed E-state index contributed by atoms with van der Waals surface area (Å²) in [6, 6.07) is 11.0. The maximum Gasteiger partial charge on any atom is 0.274 e. The van der Waals surface area contributed by atoms with E-state index in [1.54, 1.807) is 19.1 Å². The fraction of sp³-hybridized carbons (Fsp3) is 0.200. The molecule has 0 aliphatic carbocycles. The molecule has 1 atom stereocenters. The lowest BCUT2D eigenvalue weighted by Crippen LogP contribution is -2.36. The number of carbonyl (C=O) groups is 2. The van der Waals surface area contributed by atoms with E-state index < -0.39 is 16.9 Å². The minimum atomic E-state index is -0.930. The average Bonchev–Trinajstić information content (AvgIpc) is 3.12. The monoisotopic (exact) mass is 406 g/mol. The number of nitro benzene ring substituents is 1. The third-order valence-electron chi connectivity index (χ3n) is 4.84. The van der Waals surface area contributed by atoms with Crippen molar-refractivity contribution in [3.63, 3.8) is 0 Å². The summed E-state index contributed by atoms with van der Waals surface area (Å²) in [5.41, 5.74) is 2.49. The van der Waals surface area contributed by atoms with E-state index in [1.807, 2.05) is 31.2 Å². The zero-order chi connectivity index (χ0) is 21.4. The molecule has 30 heavy (non-hydrogen) atoms. The number of fused-ring (bicyclic) bond motifs is 1. The van der Waals surface area contributed by atoms with E-state index in [0.29, 0.717) is 11.4 Å². The van der Waals surface area contributed by atoms with Crippen LogP contribution in [-0.2, 0) is 9.59 Å². The summed E-state index contributed by atoms with van der Waals surface area (Å²) in [4.78, 5) is 40.0. The maximum atomic E-state index is 12.9. The molecule has 0 saturated carbocycles. The molecular formula is C20H18N6O4. The molecular weight excluding hydrogens is 388 g/mol. The second kappa shape index (κ2) is 7.39. The van der Waals surface area contributed by atoms with E-state index in [9.17, 15) is 19.7 Å². The molecule has 2 aromatic carbocycles. The summed E-state index contributed by atoms with van der Waals surface area (Å²) in [5.74, 6) is -0.308. The first-order valence-electron chi connectivity index (χ1n) is 9.21. The Balaban J connectivity index is 1.63. The van der Waals surface area contributed by atoms with Gasteiger partial charge in [0, 0.05) is 22.9 Å². The third kappa shape index (κ3) is 3.62. The number of hydrogen-bond acceptors (Lipinski definition) is 6. The molecule has 4 rings (SSSR count). The predicted octanol–water partition coefficient (Wildman–Crippen LogP) is 2.99. The van der Waals surface area contributed by atoms with Crippen molar-refractivity contribution in [1.29, 1.82) is 0 Å². The van der Waals surface area contributed by atoms with Gasteiger partial charge in [-0.25, -0.2) is 4.68 Å². The van der Waals surface area contributed by atoms with E-state index in [-0.39, 0.29) is 29.7 Å². The minimum Gasteiger partial charge on any atom is -0.324 e. The summed E-state index contributed by atoms with van der Waals surface area (Å²) in [5, 5.41) is 20.8. The van der Waals surface area contributed by atoms with Crippen molar-refractivity contribution in [2.45, 2.75) is 26.3 Å². The predicted molar refractivity (Wildman–Crippen MR) is 109 cm³/mol. The molecule has 1 aromatic heterocycles. The number of rotatable bonds is 4. The highest BCUT2D eigenvalue weighted by atomic mass is 16.6. The van der Waals surface area contributed by atoms with Crippen LogP contribution in [0.5, 0.6) is 0 Å². The van der Waals surface area contributed by atoms with Gasteiger partial charge in [0.25, 0.3) is 5.69 Å². The molecule has 0 spiro atoms. The molecule has 3 aromatic rings. The smallest absolute Gasteiger partial charge is 0.274 e. The number of carbonyl (C=O) groups excluding carboxylic acids is 2. The Hall–Kier alpha value is -4.08. The maximum absolute atomic E-state index is 12.9. The fourth-order valence-electron chi connectivity index (χ4n) is 3.20. The molecule has 0 unspecified atom stereocenters. The second-order valence-electron chi connectivity index (χ2n) is 7.09. The van der Waals surface area contributed by atoms with Gasteiger partial charge in [0.15, 0.2) is 5.82 Å². The summed E-state index contributed by atoms with van der Waals surface area (Å²) in [6.45, 7) is 3.58. The normalized spacial score (nSPS) is 15.3. The van der Waals surface area contributed by atoms with Gasteiger partial charge in [-0.15, -0.1) is 5.10 Å². The summed E-state index contributed by atoms with van der Waals surface area (Å²) >= 11 is 0. The fourth-order valence-corrected chi connectivity index (χ4v) is 3.20. The average molecular weight is 406 g/mol. The molecule has 152 valence electrons. The number of nitrogens with one attached hydrogen (secondary N) is 2. The standard InChI is InChI=1S/C20H18N6O4/c1-11-3-6-13(7-4-11)18-23-20-22-17(27)10-16(25(20)24-18)19(28)21-14-8-5-12(2)15(9-14)26(29)30/h3-9,16H,10H2,1-2H3,(H,21,28)(H,22,23,24,27)/t16-/m1/s1. The SMILES string of the molecule is Cc1ccc(-c2nc3n(n2)[C@@H](C(=O)Nc2ccc(C)c([N+](=O)[O-])c2)CC(=O)N3)cc1. The van der Waals surface area contributed by atoms with Crippen LogP contribution in [0.1, 0.15) is 23.6 Å². The Bertz CT molecular complexity index is 1170. The van der Waals surface area contributed by atoms with Crippen LogP contribution in [0.3, 0.4) is 0 Å². The minimum absolute atomic E-state index is 0.0997. The van der Waals surface area contributed by atoms with Crippen molar-refractivity contribution < 1.29 is 14.5 Å². The molecule has 0 radical (unpaired) electrons. The van der Waals surface area contributed by atoms with Gasteiger partial charge in [0.05, 0.1) is 11.3 Å². The van der Waals surface area contributed by atoms with Gasteiger partial charge in [0.1, 0.15) is 6.04 Å². The quantitative estimate of drug-likeness (QED) is 0.506. The highest BCUT2D eigenvalue weighted by molar-refractivity contribution is 6.01. The second-order valence-corrected chi connectivity index (χ2v) is 7.09. The van der Waals surface area contributed by atoms with Crippen molar-refractivity contribution in [2.75, 3.05) is 10.6 Å². The van der Waals surface area contributed by atoms with Crippen LogP contribution in [-0.4, -0.2) is 31.5 Å². The lowest BCUT2D eigenvalue weighted by Gasteiger charge is -2.22. The van der Waals surface area contributed by atoms with Crippen LogP contribution < -0.4 is 10.6 Å². The lowest BCUT2D eigenvalue weighted by molar-refractivity contribution is -0.385. The van der Waals surface area contributed by atoms with Crippen LogP contribution >= 0.6 is 0 Å². The Labute approximate surface area is 171 Å². The van der Waals surface area contributed by atoms with Gasteiger partial charge in [-0.1, -0.05) is 35.9 Å². The van der Waals surface area contributed by atoms with Gasteiger partial charge in [-0.2, -0.15) is 4.98 Å². The molecule has 2 N–H and O–H groups in total. The number of amides is 2. The highest BCUT2D eigenvalue weighted by Gasteiger charge is 2.33. The van der Waals surface area contributed by atoms with Gasteiger partial charge >= 0.3 is 0 Å². The van der Waals surface area contributed by atoms with Crippen LogP contribution in [0.2, 0.25) is 0 Å². The van der Waals surface area contributed by atoms with E-state index in [0.717, 1.165) is 11.1 Å². The van der Waals surface area contributed by atoms with E-state index in [4.69, 9.17) is 0 Å². The van der Waals surface area contributed by atoms with Gasteiger partial charge in [0.2, 0.25) is 17.8 Å². The van der Waals surface area contributed by atoms with Crippen molar-refractivity contribution in [1.82, 2.24) is 14.8 Å². The summed E-state index contributed by atoms with van der Waals surface area (Å²) in [6.07, 6.45) is -0.122. The van der Waals surface area contributed by atoms with E-state index >= 15 is 0 Å². The number of aryl methyl sites for hydroxylation is 2. The summed E-state index contributed by atoms with van der Waals surface area (Å²) < 4.78 is 1.37. The van der Waals surface area contributed by atoms with Crippen LogP contribution in [0.4, 0.5) is 17.3 Å². The molecule has 10 nitrogen and oxygen atoms in total. The van der Waals surface area contributed by atoms with E-state index in [2.05, 4.69) is 20.7 Å². The molecule has 0 saturated heterocycles. The van der Waals surface area contributed by atoms with Crippen LogP contribution in [0.15, 0.2) is 42.5 Å². The first-order valence-corrected chi connectivity index (χ1v) is 9.21. The molecule has 0 bridgehead atoms. The van der Waals surface area contributed by atoms with Crippen molar-refractivity contribution >= 4 is 29.1 Å². The molecule has 2 heterocycles. The number of hydrogen-bond donors (Lipinski definition) is 2.